The maximum absolute atomic E-state index is 11.5. The Morgan fingerprint density at radius 2 is 2.06 bits per heavy atom. The predicted octanol–water partition coefficient (Wildman–Crippen LogP) is 1.55. The number of pyridine rings is 1. The van der Waals surface area contributed by atoms with E-state index in [4.69, 9.17) is 25.8 Å². The molecule has 0 aliphatic rings. The first-order valence-corrected chi connectivity index (χ1v) is 5.48. The molecule has 6 heteroatoms. The minimum absolute atomic E-state index is 0.177. The number of rotatable bonds is 7. The van der Waals surface area contributed by atoms with E-state index in [0.29, 0.717) is 19.8 Å². The van der Waals surface area contributed by atoms with Crippen LogP contribution in [0.25, 0.3) is 0 Å². The number of aromatic nitrogens is 1. The van der Waals surface area contributed by atoms with E-state index in [2.05, 4.69) is 4.98 Å². The van der Waals surface area contributed by atoms with Crippen molar-refractivity contribution in [2.24, 2.45) is 0 Å². The minimum atomic E-state index is -0.511. The lowest BCUT2D eigenvalue weighted by Gasteiger charge is -2.05. The van der Waals surface area contributed by atoms with E-state index in [1.807, 2.05) is 0 Å². The number of ether oxygens (including phenoxy) is 3. The van der Waals surface area contributed by atoms with Gasteiger partial charge in [0, 0.05) is 7.11 Å². The standard InChI is InChI=1S/C11H14ClNO4/c1-15-5-6-16-7-8-17-11(14)9-3-2-4-10(12)13-9/h2-4H,5-8H2,1H3. The summed E-state index contributed by atoms with van der Waals surface area (Å²) in [5.41, 5.74) is 0.189. The summed E-state index contributed by atoms with van der Waals surface area (Å²) in [6.07, 6.45) is 0. The van der Waals surface area contributed by atoms with Crippen LogP contribution < -0.4 is 0 Å². The highest BCUT2D eigenvalue weighted by Gasteiger charge is 2.08. The Kier molecular flexibility index (Phi) is 6.54. The monoisotopic (exact) mass is 259 g/mol. The molecule has 1 rings (SSSR count). The lowest BCUT2D eigenvalue weighted by Crippen LogP contribution is -2.13. The molecular weight excluding hydrogens is 246 g/mol. The van der Waals surface area contributed by atoms with Crippen molar-refractivity contribution < 1.29 is 19.0 Å². The van der Waals surface area contributed by atoms with Crippen molar-refractivity contribution in [3.05, 3.63) is 29.0 Å². The Balaban J connectivity index is 2.21. The number of methoxy groups -OCH3 is 1. The second-order valence-electron chi connectivity index (χ2n) is 3.09. The molecule has 0 radical (unpaired) electrons. The maximum atomic E-state index is 11.5. The van der Waals surface area contributed by atoms with E-state index in [1.165, 1.54) is 0 Å². The van der Waals surface area contributed by atoms with Crippen LogP contribution in [-0.4, -0.2) is 44.5 Å². The van der Waals surface area contributed by atoms with Gasteiger partial charge in [-0.3, -0.25) is 0 Å². The van der Waals surface area contributed by atoms with Crippen LogP contribution in [0.5, 0.6) is 0 Å². The zero-order chi connectivity index (χ0) is 12.5. The molecular formula is C11H14ClNO4. The van der Waals surface area contributed by atoms with Crippen molar-refractivity contribution in [3.63, 3.8) is 0 Å². The maximum Gasteiger partial charge on any atom is 0.357 e. The molecule has 0 bridgehead atoms. The summed E-state index contributed by atoms with van der Waals surface area (Å²) in [5.74, 6) is -0.511. The van der Waals surface area contributed by atoms with Crippen molar-refractivity contribution in [3.8, 4) is 0 Å². The van der Waals surface area contributed by atoms with E-state index >= 15 is 0 Å². The second-order valence-corrected chi connectivity index (χ2v) is 3.47. The Labute approximate surface area is 105 Å². The summed E-state index contributed by atoms with van der Waals surface area (Å²) >= 11 is 5.65. The van der Waals surface area contributed by atoms with Gasteiger partial charge in [-0.15, -0.1) is 0 Å². The van der Waals surface area contributed by atoms with Gasteiger partial charge in [0.05, 0.1) is 19.8 Å². The lowest BCUT2D eigenvalue weighted by atomic mass is 10.3. The van der Waals surface area contributed by atoms with Crippen LogP contribution in [0.1, 0.15) is 10.5 Å². The van der Waals surface area contributed by atoms with Gasteiger partial charge in [0.2, 0.25) is 0 Å². The first kappa shape index (κ1) is 13.9. The molecule has 0 spiro atoms. The molecule has 0 aromatic carbocycles. The molecule has 0 saturated heterocycles. The van der Waals surface area contributed by atoms with Gasteiger partial charge < -0.3 is 14.2 Å². The highest BCUT2D eigenvalue weighted by Crippen LogP contribution is 2.05. The van der Waals surface area contributed by atoms with Crippen LogP contribution >= 0.6 is 11.6 Å². The molecule has 1 aromatic heterocycles. The molecule has 0 fully saturated rings. The van der Waals surface area contributed by atoms with Gasteiger partial charge in [-0.1, -0.05) is 17.7 Å². The van der Waals surface area contributed by atoms with Crippen LogP contribution in [-0.2, 0) is 14.2 Å². The summed E-state index contributed by atoms with van der Waals surface area (Å²) in [6, 6.07) is 4.77. The van der Waals surface area contributed by atoms with E-state index in [-0.39, 0.29) is 17.5 Å². The molecule has 0 aliphatic heterocycles. The normalized spacial score (nSPS) is 10.2. The molecule has 17 heavy (non-hydrogen) atoms. The smallest absolute Gasteiger partial charge is 0.357 e. The average Bonchev–Trinajstić information content (AvgIpc) is 2.33. The molecule has 0 amide bonds. The fraction of sp³-hybridized carbons (Fsp3) is 0.455. The number of hydrogen-bond donors (Lipinski definition) is 0. The van der Waals surface area contributed by atoms with Crippen LogP contribution in [0.15, 0.2) is 18.2 Å². The minimum Gasteiger partial charge on any atom is -0.459 e. The van der Waals surface area contributed by atoms with Crippen LogP contribution in [0, 0.1) is 0 Å². The predicted molar refractivity (Wildman–Crippen MR) is 62.2 cm³/mol. The van der Waals surface area contributed by atoms with Crippen LogP contribution in [0.3, 0.4) is 0 Å². The van der Waals surface area contributed by atoms with Gasteiger partial charge in [0.1, 0.15) is 17.5 Å². The van der Waals surface area contributed by atoms with Gasteiger partial charge in [0.15, 0.2) is 0 Å². The van der Waals surface area contributed by atoms with Crippen molar-refractivity contribution in [1.29, 1.82) is 0 Å². The third-order valence-corrected chi connectivity index (χ3v) is 2.03. The number of esters is 1. The molecule has 0 N–H and O–H groups in total. The molecule has 1 heterocycles. The summed E-state index contributed by atoms with van der Waals surface area (Å²) in [6.45, 7) is 1.50. The van der Waals surface area contributed by atoms with Gasteiger partial charge >= 0.3 is 5.97 Å². The number of carbonyl (C=O) groups is 1. The Hall–Kier alpha value is -1.17. The van der Waals surface area contributed by atoms with Crippen LogP contribution in [0.2, 0.25) is 5.15 Å². The van der Waals surface area contributed by atoms with Crippen molar-refractivity contribution in [1.82, 2.24) is 4.98 Å². The number of hydrogen-bond acceptors (Lipinski definition) is 5. The Bertz CT molecular complexity index is 359. The third-order valence-electron chi connectivity index (χ3n) is 1.82. The molecule has 0 saturated carbocycles. The quantitative estimate of drug-likeness (QED) is 0.422. The van der Waals surface area contributed by atoms with Crippen molar-refractivity contribution in [2.75, 3.05) is 33.5 Å². The molecule has 0 atom stereocenters. The summed E-state index contributed by atoms with van der Waals surface area (Å²) in [7, 11) is 1.59. The average molecular weight is 260 g/mol. The van der Waals surface area contributed by atoms with Gasteiger partial charge in [-0.25, -0.2) is 9.78 Å². The second kappa shape index (κ2) is 8.00. The largest absolute Gasteiger partial charge is 0.459 e. The Morgan fingerprint density at radius 3 is 2.76 bits per heavy atom. The van der Waals surface area contributed by atoms with Gasteiger partial charge in [0.25, 0.3) is 0 Å². The highest BCUT2D eigenvalue weighted by atomic mass is 35.5. The summed E-state index contributed by atoms with van der Waals surface area (Å²) in [4.78, 5) is 15.3. The molecule has 94 valence electrons. The number of nitrogens with zero attached hydrogens (tertiary/aromatic N) is 1. The fourth-order valence-electron chi connectivity index (χ4n) is 1.03. The number of carbonyl (C=O) groups excluding carboxylic acids is 1. The third kappa shape index (κ3) is 5.63. The summed E-state index contributed by atoms with van der Waals surface area (Å²) < 4.78 is 14.9. The molecule has 5 nitrogen and oxygen atoms in total. The summed E-state index contributed by atoms with van der Waals surface area (Å²) in [5, 5.41) is 0.260. The van der Waals surface area contributed by atoms with E-state index in [0.717, 1.165) is 0 Å². The SMILES string of the molecule is COCCOCCOC(=O)c1cccc(Cl)n1. The van der Waals surface area contributed by atoms with Crippen molar-refractivity contribution in [2.45, 2.75) is 0 Å². The van der Waals surface area contributed by atoms with Gasteiger partial charge in [-0.2, -0.15) is 0 Å². The zero-order valence-corrected chi connectivity index (χ0v) is 10.3. The molecule has 0 aliphatic carbocycles. The molecule has 0 unspecified atom stereocenters. The van der Waals surface area contributed by atoms with E-state index < -0.39 is 5.97 Å². The van der Waals surface area contributed by atoms with Crippen LogP contribution in [0.4, 0.5) is 0 Å². The first-order chi connectivity index (χ1) is 8.24. The van der Waals surface area contributed by atoms with E-state index in [9.17, 15) is 4.79 Å². The zero-order valence-electron chi connectivity index (χ0n) is 9.52. The van der Waals surface area contributed by atoms with Crippen molar-refractivity contribution >= 4 is 17.6 Å². The highest BCUT2D eigenvalue weighted by molar-refractivity contribution is 6.29. The number of halogens is 1. The lowest BCUT2D eigenvalue weighted by molar-refractivity contribution is 0.0209. The molecule has 1 aromatic rings. The van der Waals surface area contributed by atoms with E-state index in [1.54, 1.807) is 25.3 Å². The van der Waals surface area contributed by atoms with Gasteiger partial charge in [-0.05, 0) is 12.1 Å². The fourth-order valence-corrected chi connectivity index (χ4v) is 1.20. The topological polar surface area (TPSA) is 57.7 Å². The Morgan fingerprint density at radius 1 is 1.29 bits per heavy atom. The first-order valence-electron chi connectivity index (χ1n) is 5.10.